The van der Waals surface area contributed by atoms with Crippen LogP contribution in [0.2, 0.25) is 0 Å². The summed E-state index contributed by atoms with van der Waals surface area (Å²) in [6.07, 6.45) is 9.85. The molecule has 1 aromatic carbocycles. The molecule has 0 radical (unpaired) electrons. The molecule has 0 bridgehead atoms. The van der Waals surface area contributed by atoms with Gasteiger partial charge in [-0.3, -0.25) is 4.90 Å². The number of ether oxygens (including phenoxy) is 1. The highest BCUT2D eigenvalue weighted by atomic mass is 19.1. The van der Waals surface area contributed by atoms with Crippen molar-refractivity contribution < 1.29 is 13.5 Å². The zero-order valence-corrected chi connectivity index (χ0v) is 14.5. The lowest BCUT2D eigenvalue weighted by molar-refractivity contribution is -0.0407. The molecule has 0 unspecified atom stereocenters. The Bertz CT molecular complexity index is 689. The van der Waals surface area contributed by atoms with Crippen LogP contribution >= 0.6 is 0 Å². The van der Waals surface area contributed by atoms with Crippen LogP contribution in [0.15, 0.2) is 34.9 Å². The maximum absolute atomic E-state index is 13.3. The molecule has 4 nitrogen and oxygen atoms in total. The molecule has 0 spiro atoms. The predicted octanol–water partition coefficient (Wildman–Crippen LogP) is 4.40. The van der Waals surface area contributed by atoms with Crippen LogP contribution in [-0.4, -0.2) is 35.2 Å². The van der Waals surface area contributed by atoms with Crippen LogP contribution in [0.3, 0.4) is 0 Å². The minimum atomic E-state index is -0.264. The van der Waals surface area contributed by atoms with Gasteiger partial charge in [0.1, 0.15) is 5.82 Å². The first-order chi connectivity index (χ1) is 12.3. The minimum absolute atomic E-state index is 0.264. The Morgan fingerprint density at radius 3 is 2.64 bits per heavy atom. The van der Waals surface area contributed by atoms with Crippen LogP contribution in [0, 0.1) is 5.82 Å². The molecule has 1 aliphatic heterocycles. The molecule has 2 aromatic rings. The number of hydrogen-bond acceptors (Lipinski definition) is 4. The third kappa shape index (κ3) is 4.28. The summed E-state index contributed by atoms with van der Waals surface area (Å²) < 4.78 is 25.4. The van der Waals surface area contributed by atoms with E-state index in [1.165, 1.54) is 37.8 Å². The summed E-state index contributed by atoms with van der Waals surface area (Å²) in [6, 6.07) is 6.41. The summed E-state index contributed by atoms with van der Waals surface area (Å²) in [4.78, 5) is 6.71. The summed E-state index contributed by atoms with van der Waals surface area (Å²) in [7, 11) is 0. The fourth-order valence-corrected chi connectivity index (χ4v) is 3.85. The third-order valence-corrected chi connectivity index (χ3v) is 5.24. The zero-order valence-electron chi connectivity index (χ0n) is 14.5. The summed E-state index contributed by atoms with van der Waals surface area (Å²) in [5.41, 5.74) is 0.724. The predicted molar refractivity (Wildman–Crippen MR) is 93.5 cm³/mol. The first kappa shape index (κ1) is 16.7. The van der Waals surface area contributed by atoms with Crippen molar-refractivity contribution in [2.45, 2.75) is 57.3 Å². The Kier molecular flexibility index (Phi) is 5.13. The average molecular weight is 344 g/mol. The molecule has 2 heterocycles. The van der Waals surface area contributed by atoms with Crippen molar-refractivity contribution in [1.29, 1.82) is 0 Å². The van der Waals surface area contributed by atoms with E-state index in [0.29, 0.717) is 30.4 Å². The summed E-state index contributed by atoms with van der Waals surface area (Å²) in [6.45, 7) is 2.72. The summed E-state index contributed by atoms with van der Waals surface area (Å²) >= 11 is 0. The van der Waals surface area contributed by atoms with Crippen molar-refractivity contribution in [3.63, 3.8) is 0 Å². The Morgan fingerprint density at radius 1 is 1.12 bits per heavy atom. The number of halogens is 1. The Labute approximate surface area is 148 Å². The average Bonchev–Trinajstić information content (AvgIpc) is 3.29. The van der Waals surface area contributed by atoms with Crippen molar-refractivity contribution in [3.05, 3.63) is 42.2 Å². The second kappa shape index (κ2) is 7.67. The van der Waals surface area contributed by atoms with E-state index in [4.69, 9.17) is 9.15 Å². The molecule has 5 heteroatoms. The van der Waals surface area contributed by atoms with E-state index >= 15 is 0 Å². The van der Waals surface area contributed by atoms with Gasteiger partial charge in [0, 0.05) is 18.7 Å². The maximum Gasteiger partial charge on any atom is 0.209 e. The van der Waals surface area contributed by atoms with Crippen LogP contribution in [0.1, 0.15) is 44.4 Å². The molecular formula is C20H25FN2O2. The van der Waals surface area contributed by atoms with Crippen molar-refractivity contribution in [2.75, 3.05) is 13.1 Å². The van der Waals surface area contributed by atoms with Crippen LogP contribution in [0.4, 0.5) is 4.39 Å². The van der Waals surface area contributed by atoms with Crippen molar-refractivity contribution in [3.8, 4) is 11.3 Å². The van der Waals surface area contributed by atoms with Gasteiger partial charge in [0.25, 0.3) is 0 Å². The highest BCUT2D eigenvalue weighted by Gasteiger charge is 2.25. The van der Waals surface area contributed by atoms with Gasteiger partial charge in [-0.15, -0.1) is 0 Å². The first-order valence-electron chi connectivity index (χ1n) is 9.35. The van der Waals surface area contributed by atoms with Gasteiger partial charge >= 0.3 is 0 Å². The number of hydrogen-bond donors (Lipinski definition) is 0. The van der Waals surface area contributed by atoms with Gasteiger partial charge in [-0.05, 0) is 37.8 Å². The van der Waals surface area contributed by atoms with Gasteiger partial charge in [0.15, 0.2) is 5.76 Å². The molecule has 1 aromatic heterocycles. The third-order valence-electron chi connectivity index (χ3n) is 5.24. The van der Waals surface area contributed by atoms with Crippen molar-refractivity contribution >= 4 is 0 Å². The highest BCUT2D eigenvalue weighted by molar-refractivity contribution is 5.56. The second-order valence-corrected chi connectivity index (χ2v) is 7.15. The molecule has 25 heavy (non-hydrogen) atoms. The molecular weight excluding hydrogens is 319 g/mol. The first-order valence-corrected chi connectivity index (χ1v) is 9.35. The number of likely N-dealkylation sites (tertiary alicyclic amines) is 1. The number of oxazole rings is 1. The standard InChI is InChI=1S/C20H25FN2O2/c21-16-5-3-4-15(12-16)19-13-22-20(25-19)14-23-10-8-18(9-11-23)24-17-6-1-2-7-17/h3-5,12-13,17-18H,1-2,6-11,14H2. The van der Waals surface area contributed by atoms with E-state index in [2.05, 4.69) is 9.88 Å². The van der Waals surface area contributed by atoms with Gasteiger partial charge in [0.2, 0.25) is 5.89 Å². The molecule has 0 N–H and O–H groups in total. The van der Waals surface area contributed by atoms with Gasteiger partial charge in [-0.25, -0.2) is 9.37 Å². The summed E-state index contributed by atoms with van der Waals surface area (Å²) in [5.74, 6) is 1.04. The van der Waals surface area contributed by atoms with E-state index in [1.807, 2.05) is 6.07 Å². The topological polar surface area (TPSA) is 38.5 Å². The minimum Gasteiger partial charge on any atom is -0.439 e. The van der Waals surface area contributed by atoms with Crippen molar-refractivity contribution in [2.24, 2.45) is 0 Å². The van der Waals surface area contributed by atoms with Gasteiger partial charge in [-0.1, -0.05) is 25.0 Å². The number of rotatable bonds is 5. The lowest BCUT2D eigenvalue weighted by Gasteiger charge is -2.32. The van der Waals surface area contributed by atoms with Crippen LogP contribution in [0.5, 0.6) is 0 Å². The number of benzene rings is 1. The van der Waals surface area contributed by atoms with Gasteiger partial charge in [-0.2, -0.15) is 0 Å². The normalized spacial score (nSPS) is 20.4. The molecule has 0 atom stereocenters. The maximum atomic E-state index is 13.3. The number of piperidine rings is 1. The fourth-order valence-electron chi connectivity index (χ4n) is 3.85. The van der Waals surface area contributed by atoms with E-state index in [1.54, 1.807) is 12.3 Å². The second-order valence-electron chi connectivity index (χ2n) is 7.15. The smallest absolute Gasteiger partial charge is 0.209 e. The molecule has 4 rings (SSSR count). The molecule has 1 saturated carbocycles. The van der Waals surface area contributed by atoms with Gasteiger partial charge < -0.3 is 9.15 Å². The number of nitrogens with zero attached hydrogens (tertiary/aromatic N) is 2. The molecule has 1 saturated heterocycles. The van der Waals surface area contributed by atoms with E-state index in [-0.39, 0.29) is 5.82 Å². The SMILES string of the molecule is Fc1cccc(-c2cnc(CN3CCC(OC4CCCC4)CC3)o2)c1. The number of aromatic nitrogens is 1. The lowest BCUT2D eigenvalue weighted by atomic mass is 10.1. The van der Waals surface area contributed by atoms with Crippen LogP contribution in [-0.2, 0) is 11.3 Å². The summed E-state index contributed by atoms with van der Waals surface area (Å²) in [5, 5.41) is 0. The van der Waals surface area contributed by atoms with Crippen LogP contribution < -0.4 is 0 Å². The van der Waals surface area contributed by atoms with E-state index < -0.39 is 0 Å². The quantitative estimate of drug-likeness (QED) is 0.806. The molecule has 2 aliphatic rings. The lowest BCUT2D eigenvalue weighted by Crippen LogP contribution is -2.37. The molecule has 0 amide bonds. The molecule has 134 valence electrons. The largest absolute Gasteiger partial charge is 0.439 e. The Balaban J connectivity index is 1.29. The fraction of sp³-hybridized carbons (Fsp3) is 0.550. The Hall–Kier alpha value is -1.72. The van der Waals surface area contributed by atoms with Crippen LogP contribution in [0.25, 0.3) is 11.3 Å². The van der Waals surface area contributed by atoms with E-state index in [9.17, 15) is 4.39 Å². The van der Waals surface area contributed by atoms with Gasteiger partial charge in [0.05, 0.1) is 24.9 Å². The monoisotopic (exact) mass is 344 g/mol. The Morgan fingerprint density at radius 2 is 1.88 bits per heavy atom. The zero-order chi connectivity index (χ0) is 17.1. The molecule has 1 aliphatic carbocycles. The molecule has 2 fully saturated rings. The van der Waals surface area contributed by atoms with Crippen molar-refractivity contribution in [1.82, 2.24) is 9.88 Å². The van der Waals surface area contributed by atoms with E-state index in [0.717, 1.165) is 31.5 Å². The highest BCUT2D eigenvalue weighted by Crippen LogP contribution is 2.26.